The first-order valence-corrected chi connectivity index (χ1v) is 10.3. The average molecular weight is 297 g/mol. The van der Waals surface area contributed by atoms with E-state index in [4.69, 9.17) is 4.43 Å². The standard InChI is InChI=1S/C17H32O2Si/c1-10-14(3)16(15(4)11-13(2)12-18)19-20(8,9)17(5,6)7/h10-12,15-16H,1-9H3/b13-11+,14-10+/t15-,16+/m1/s1. The maximum atomic E-state index is 10.8. The lowest BCUT2D eigenvalue weighted by Gasteiger charge is -2.41. The van der Waals surface area contributed by atoms with Gasteiger partial charge in [0.1, 0.15) is 6.29 Å². The highest BCUT2D eigenvalue weighted by molar-refractivity contribution is 6.74. The Labute approximate surface area is 126 Å². The third kappa shape index (κ3) is 5.37. The van der Waals surface area contributed by atoms with Crippen molar-refractivity contribution < 1.29 is 9.22 Å². The van der Waals surface area contributed by atoms with Crippen molar-refractivity contribution in [1.82, 2.24) is 0 Å². The van der Waals surface area contributed by atoms with Crippen molar-refractivity contribution in [3.63, 3.8) is 0 Å². The van der Waals surface area contributed by atoms with Crippen LogP contribution in [0.15, 0.2) is 23.3 Å². The zero-order valence-corrected chi connectivity index (χ0v) is 15.7. The quantitative estimate of drug-likeness (QED) is 0.294. The normalized spacial score (nSPS) is 17.9. The molecule has 0 aliphatic carbocycles. The van der Waals surface area contributed by atoms with Gasteiger partial charge in [0.05, 0.1) is 6.10 Å². The topological polar surface area (TPSA) is 26.3 Å². The molecule has 0 aliphatic rings. The number of hydrogen-bond donors (Lipinski definition) is 0. The molecular weight excluding hydrogens is 264 g/mol. The summed E-state index contributed by atoms with van der Waals surface area (Å²) in [5, 5.41) is 0.183. The van der Waals surface area contributed by atoms with Crippen LogP contribution in [0.1, 0.15) is 48.5 Å². The van der Waals surface area contributed by atoms with E-state index >= 15 is 0 Å². The van der Waals surface area contributed by atoms with Gasteiger partial charge in [0.15, 0.2) is 8.32 Å². The van der Waals surface area contributed by atoms with Gasteiger partial charge < -0.3 is 4.43 Å². The summed E-state index contributed by atoms with van der Waals surface area (Å²) in [5.74, 6) is 0.200. The first-order valence-electron chi connectivity index (χ1n) is 7.40. The van der Waals surface area contributed by atoms with E-state index in [9.17, 15) is 4.79 Å². The van der Waals surface area contributed by atoms with Crippen molar-refractivity contribution in [1.29, 1.82) is 0 Å². The molecule has 0 saturated carbocycles. The van der Waals surface area contributed by atoms with E-state index in [0.29, 0.717) is 0 Å². The Morgan fingerprint density at radius 1 is 1.20 bits per heavy atom. The fourth-order valence-corrected chi connectivity index (χ4v) is 3.20. The van der Waals surface area contributed by atoms with E-state index in [2.05, 4.69) is 53.8 Å². The number of aldehydes is 1. The molecule has 0 bridgehead atoms. The predicted octanol–water partition coefficient (Wildman–Crippen LogP) is 5.12. The van der Waals surface area contributed by atoms with Crippen LogP contribution in [-0.2, 0) is 9.22 Å². The smallest absolute Gasteiger partial charge is 0.192 e. The number of allylic oxidation sites excluding steroid dienone is 2. The Balaban J connectivity index is 5.36. The Morgan fingerprint density at radius 2 is 1.70 bits per heavy atom. The molecule has 2 nitrogen and oxygen atoms in total. The minimum absolute atomic E-state index is 0.0517. The highest BCUT2D eigenvalue weighted by atomic mass is 28.4. The molecule has 0 N–H and O–H groups in total. The minimum Gasteiger partial charge on any atom is -0.410 e. The maximum Gasteiger partial charge on any atom is 0.192 e. The lowest BCUT2D eigenvalue weighted by atomic mass is 9.96. The summed E-state index contributed by atoms with van der Waals surface area (Å²) in [4.78, 5) is 10.8. The van der Waals surface area contributed by atoms with Gasteiger partial charge in [-0.25, -0.2) is 0 Å². The van der Waals surface area contributed by atoms with Crippen molar-refractivity contribution >= 4 is 14.6 Å². The Bertz CT molecular complexity index is 386. The summed E-state index contributed by atoms with van der Waals surface area (Å²) in [6.45, 7) is 19.4. The van der Waals surface area contributed by atoms with Crippen LogP contribution in [0.25, 0.3) is 0 Å². The van der Waals surface area contributed by atoms with Gasteiger partial charge in [-0.3, -0.25) is 4.79 Å². The Kier molecular flexibility index (Phi) is 7.12. The van der Waals surface area contributed by atoms with E-state index in [-0.39, 0.29) is 17.1 Å². The van der Waals surface area contributed by atoms with Gasteiger partial charge in [0.2, 0.25) is 0 Å². The van der Waals surface area contributed by atoms with Crippen molar-refractivity contribution in [2.45, 2.75) is 72.7 Å². The summed E-state index contributed by atoms with van der Waals surface area (Å²) in [6, 6.07) is 0. The Hall–Kier alpha value is -0.673. The van der Waals surface area contributed by atoms with E-state index < -0.39 is 8.32 Å². The summed E-state index contributed by atoms with van der Waals surface area (Å²) in [5.41, 5.74) is 2.00. The first-order chi connectivity index (χ1) is 8.96. The highest BCUT2D eigenvalue weighted by Gasteiger charge is 2.40. The fourth-order valence-electron chi connectivity index (χ4n) is 1.81. The molecule has 0 heterocycles. The molecule has 0 saturated heterocycles. The molecule has 0 spiro atoms. The number of rotatable bonds is 6. The van der Waals surface area contributed by atoms with Crippen LogP contribution in [0, 0.1) is 5.92 Å². The van der Waals surface area contributed by atoms with Gasteiger partial charge in [-0.05, 0) is 50.0 Å². The zero-order chi connectivity index (χ0) is 16.1. The molecule has 2 atom stereocenters. The second-order valence-electron chi connectivity index (χ2n) is 7.22. The summed E-state index contributed by atoms with van der Waals surface area (Å²) >= 11 is 0. The van der Waals surface area contributed by atoms with Crippen LogP contribution in [0.5, 0.6) is 0 Å². The molecule has 0 fully saturated rings. The van der Waals surface area contributed by atoms with Gasteiger partial charge >= 0.3 is 0 Å². The molecule has 0 aromatic carbocycles. The van der Waals surface area contributed by atoms with E-state index in [1.807, 2.05) is 19.9 Å². The SMILES string of the molecule is C/C=C(\C)[C@H](O[Si](C)(C)C(C)(C)C)[C@H](C)/C=C(\C)C=O. The average Bonchev–Trinajstić information content (AvgIpc) is 2.33. The second kappa shape index (κ2) is 7.37. The van der Waals surface area contributed by atoms with Crippen LogP contribution >= 0.6 is 0 Å². The number of carbonyl (C=O) groups is 1. The van der Waals surface area contributed by atoms with Crippen molar-refractivity contribution in [2.24, 2.45) is 5.92 Å². The molecule has 116 valence electrons. The minimum atomic E-state index is -1.83. The molecule has 0 radical (unpaired) electrons. The van der Waals surface area contributed by atoms with E-state index in [1.54, 1.807) is 0 Å². The second-order valence-corrected chi connectivity index (χ2v) is 12.0. The maximum absolute atomic E-state index is 10.8. The molecule has 0 rings (SSSR count). The summed E-state index contributed by atoms with van der Waals surface area (Å²) in [7, 11) is -1.83. The molecule has 0 aliphatic heterocycles. The third-order valence-corrected chi connectivity index (χ3v) is 8.78. The van der Waals surface area contributed by atoms with Crippen LogP contribution in [0.3, 0.4) is 0 Å². The van der Waals surface area contributed by atoms with Gasteiger partial charge in [0, 0.05) is 5.92 Å². The molecule has 0 aromatic rings. The highest BCUT2D eigenvalue weighted by Crippen LogP contribution is 2.39. The molecule has 0 amide bonds. The molecule has 0 aromatic heterocycles. The van der Waals surface area contributed by atoms with Gasteiger partial charge in [-0.15, -0.1) is 0 Å². The summed E-state index contributed by atoms with van der Waals surface area (Å²) < 4.78 is 6.57. The zero-order valence-electron chi connectivity index (χ0n) is 14.7. The molecule has 3 heteroatoms. The van der Waals surface area contributed by atoms with Crippen molar-refractivity contribution in [3.05, 3.63) is 23.3 Å². The fraction of sp³-hybridized carbons (Fsp3) is 0.706. The monoisotopic (exact) mass is 296 g/mol. The summed E-state index contributed by atoms with van der Waals surface area (Å²) in [6.07, 6.45) is 5.08. The van der Waals surface area contributed by atoms with Gasteiger partial charge in [0.25, 0.3) is 0 Å². The van der Waals surface area contributed by atoms with Gasteiger partial charge in [-0.1, -0.05) is 39.8 Å². The molecule has 20 heavy (non-hydrogen) atoms. The first kappa shape index (κ1) is 19.3. The lowest BCUT2D eigenvalue weighted by Crippen LogP contribution is -2.45. The third-order valence-electron chi connectivity index (χ3n) is 4.32. The van der Waals surface area contributed by atoms with Crippen LogP contribution in [-0.4, -0.2) is 20.7 Å². The lowest BCUT2D eigenvalue weighted by molar-refractivity contribution is -0.104. The number of hydrogen-bond acceptors (Lipinski definition) is 2. The molecule has 0 unspecified atom stereocenters. The van der Waals surface area contributed by atoms with Crippen molar-refractivity contribution in [2.75, 3.05) is 0 Å². The van der Waals surface area contributed by atoms with Crippen LogP contribution in [0.2, 0.25) is 18.1 Å². The van der Waals surface area contributed by atoms with Crippen molar-refractivity contribution in [3.8, 4) is 0 Å². The predicted molar refractivity (Wildman–Crippen MR) is 90.5 cm³/mol. The Morgan fingerprint density at radius 3 is 2.05 bits per heavy atom. The van der Waals surface area contributed by atoms with Crippen LogP contribution < -0.4 is 0 Å². The van der Waals surface area contributed by atoms with E-state index in [1.165, 1.54) is 5.57 Å². The molecular formula is C17H32O2Si. The van der Waals surface area contributed by atoms with Gasteiger partial charge in [-0.2, -0.15) is 0 Å². The largest absolute Gasteiger partial charge is 0.410 e. The van der Waals surface area contributed by atoms with E-state index in [0.717, 1.165) is 11.9 Å². The van der Waals surface area contributed by atoms with Crippen LogP contribution in [0.4, 0.5) is 0 Å². The number of carbonyl (C=O) groups excluding carboxylic acids is 1.